The fourth-order valence-electron chi connectivity index (χ4n) is 2.72. The Kier molecular flexibility index (Phi) is 5.69. The first-order valence-corrected chi connectivity index (χ1v) is 9.27. The summed E-state index contributed by atoms with van der Waals surface area (Å²) in [6.45, 7) is 4.55. The van der Waals surface area contributed by atoms with Crippen molar-refractivity contribution in [3.63, 3.8) is 0 Å². The third kappa shape index (κ3) is 4.47. The standard InChI is InChI=1S/C18H23N3O2S/c1-3-22-17-10-14(11-19-21-18-20-13(2)12-24-18)8-9-16(17)23-15-6-4-5-7-15/h8-12,15H,3-7H2,1-2H3,(H,20,21). The molecule has 0 saturated heterocycles. The molecule has 1 aliphatic rings. The van der Waals surface area contributed by atoms with Crippen molar-refractivity contribution < 1.29 is 9.47 Å². The van der Waals surface area contributed by atoms with Crippen molar-refractivity contribution in [2.45, 2.75) is 45.6 Å². The van der Waals surface area contributed by atoms with Crippen LogP contribution in [-0.2, 0) is 0 Å². The highest BCUT2D eigenvalue weighted by molar-refractivity contribution is 7.13. The highest BCUT2D eigenvalue weighted by Gasteiger charge is 2.18. The Hall–Kier alpha value is -2.08. The normalized spacial score (nSPS) is 15.1. The van der Waals surface area contributed by atoms with Crippen molar-refractivity contribution >= 4 is 22.7 Å². The van der Waals surface area contributed by atoms with Crippen LogP contribution in [0.3, 0.4) is 0 Å². The van der Waals surface area contributed by atoms with Crippen molar-refractivity contribution in [1.82, 2.24) is 4.98 Å². The van der Waals surface area contributed by atoms with Crippen LogP contribution >= 0.6 is 11.3 Å². The summed E-state index contributed by atoms with van der Waals surface area (Å²) < 4.78 is 11.8. The van der Waals surface area contributed by atoms with Crippen LogP contribution in [0.5, 0.6) is 11.5 Å². The molecule has 5 nitrogen and oxygen atoms in total. The highest BCUT2D eigenvalue weighted by Crippen LogP contribution is 2.32. The Balaban J connectivity index is 1.67. The number of nitrogens with zero attached hydrogens (tertiary/aromatic N) is 2. The SMILES string of the molecule is CCOc1cc(C=NNc2nc(C)cs2)ccc1OC1CCCC1. The van der Waals surface area contributed by atoms with Crippen LogP contribution in [-0.4, -0.2) is 23.9 Å². The molecule has 0 bridgehead atoms. The van der Waals surface area contributed by atoms with E-state index in [1.807, 2.05) is 37.4 Å². The molecule has 3 rings (SSSR count). The minimum atomic E-state index is 0.318. The van der Waals surface area contributed by atoms with Gasteiger partial charge in [-0.2, -0.15) is 5.10 Å². The predicted octanol–water partition coefficient (Wildman–Crippen LogP) is 4.62. The zero-order valence-electron chi connectivity index (χ0n) is 14.1. The number of hydrogen-bond acceptors (Lipinski definition) is 6. The molecule has 0 radical (unpaired) electrons. The first-order valence-electron chi connectivity index (χ1n) is 8.39. The van der Waals surface area contributed by atoms with Gasteiger partial charge in [-0.25, -0.2) is 4.98 Å². The highest BCUT2D eigenvalue weighted by atomic mass is 32.1. The first kappa shape index (κ1) is 16.8. The van der Waals surface area contributed by atoms with E-state index >= 15 is 0 Å². The minimum Gasteiger partial charge on any atom is -0.490 e. The van der Waals surface area contributed by atoms with Crippen LogP contribution in [0.2, 0.25) is 0 Å². The van der Waals surface area contributed by atoms with E-state index in [4.69, 9.17) is 9.47 Å². The van der Waals surface area contributed by atoms with E-state index < -0.39 is 0 Å². The Morgan fingerprint density at radius 1 is 1.33 bits per heavy atom. The van der Waals surface area contributed by atoms with Gasteiger partial charge in [0.15, 0.2) is 11.5 Å². The molecule has 1 aromatic heterocycles. The number of aryl methyl sites for hydroxylation is 1. The molecule has 1 aliphatic carbocycles. The number of thiazole rings is 1. The van der Waals surface area contributed by atoms with E-state index in [0.29, 0.717) is 12.7 Å². The first-order chi connectivity index (χ1) is 11.7. The quantitative estimate of drug-likeness (QED) is 0.588. The average Bonchev–Trinajstić information content (AvgIpc) is 3.22. The zero-order valence-corrected chi connectivity index (χ0v) is 14.9. The Morgan fingerprint density at radius 2 is 2.17 bits per heavy atom. The van der Waals surface area contributed by atoms with Crippen LogP contribution in [0.4, 0.5) is 5.13 Å². The van der Waals surface area contributed by atoms with Gasteiger partial charge in [0.2, 0.25) is 5.13 Å². The van der Waals surface area contributed by atoms with Crippen LogP contribution in [0, 0.1) is 6.92 Å². The fraction of sp³-hybridized carbons (Fsp3) is 0.444. The molecule has 0 amide bonds. The smallest absolute Gasteiger partial charge is 0.203 e. The lowest BCUT2D eigenvalue weighted by Gasteiger charge is -2.16. The van der Waals surface area contributed by atoms with Gasteiger partial charge in [0, 0.05) is 5.38 Å². The molecule has 128 valence electrons. The van der Waals surface area contributed by atoms with Crippen LogP contribution in [0.1, 0.15) is 43.9 Å². The van der Waals surface area contributed by atoms with Gasteiger partial charge in [-0.05, 0) is 63.3 Å². The van der Waals surface area contributed by atoms with E-state index in [1.165, 1.54) is 24.2 Å². The molecule has 0 aliphatic heterocycles. The summed E-state index contributed by atoms with van der Waals surface area (Å²) in [6.07, 6.45) is 6.84. The summed E-state index contributed by atoms with van der Waals surface area (Å²) >= 11 is 1.54. The van der Waals surface area contributed by atoms with Gasteiger partial charge in [-0.15, -0.1) is 11.3 Å². The van der Waals surface area contributed by atoms with E-state index in [2.05, 4.69) is 15.5 Å². The molecule has 0 atom stereocenters. The summed E-state index contributed by atoms with van der Waals surface area (Å²) in [6, 6.07) is 5.93. The molecular weight excluding hydrogens is 322 g/mol. The van der Waals surface area contributed by atoms with E-state index in [-0.39, 0.29) is 0 Å². The van der Waals surface area contributed by atoms with Crippen molar-refractivity contribution in [3.8, 4) is 11.5 Å². The molecular formula is C18H23N3O2S. The lowest BCUT2D eigenvalue weighted by Crippen LogP contribution is -2.12. The topological polar surface area (TPSA) is 55.7 Å². The lowest BCUT2D eigenvalue weighted by atomic mass is 10.2. The fourth-order valence-corrected chi connectivity index (χ4v) is 3.36. The summed E-state index contributed by atoms with van der Waals surface area (Å²) in [5.41, 5.74) is 4.89. The van der Waals surface area contributed by atoms with E-state index in [0.717, 1.165) is 40.7 Å². The monoisotopic (exact) mass is 345 g/mol. The van der Waals surface area contributed by atoms with Crippen molar-refractivity contribution in [1.29, 1.82) is 0 Å². The number of ether oxygens (including phenoxy) is 2. The molecule has 1 fully saturated rings. The van der Waals surface area contributed by atoms with Crippen molar-refractivity contribution in [2.24, 2.45) is 5.10 Å². The summed E-state index contributed by atoms with van der Waals surface area (Å²) in [7, 11) is 0. The Labute approximate surface area is 146 Å². The second kappa shape index (κ2) is 8.15. The summed E-state index contributed by atoms with van der Waals surface area (Å²) in [5, 5.41) is 7.01. The summed E-state index contributed by atoms with van der Waals surface area (Å²) in [4.78, 5) is 4.31. The predicted molar refractivity (Wildman–Crippen MR) is 98.6 cm³/mol. The van der Waals surface area contributed by atoms with Crippen LogP contribution < -0.4 is 14.9 Å². The molecule has 6 heteroatoms. The van der Waals surface area contributed by atoms with Gasteiger partial charge in [0.05, 0.1) is 24.6 Å². The second-order valence-corrected chi connectivity index (χ2v) is 6.69. The van der Waals surface area contributed by atoms with Gasteiger partial charge in [-0.1, -0.05) is 0 Å². The Bertz CT molecular complexity index is 693. The van der Waals surface area contributed by atoms with Gasteiger partial charge < -0.3 is 9.47 Å². The summed E-state index contributed by atoms with van der Waals surface area (Å²) in [5.74, 6) is 1.60. The molecule has 1 saturated carbocycles. The maximum Gasteiger partial charge on any atom is 0.203 e. The van der Waals surface area contributed by atoms with Gasteiger partial charge in [-0.3, -0.25) is 5.43 Å². The molecule has 0 unspecified atom stereocenters. The maximum absolute atomic E-state index is 6.10. The average molecular weight is 345 g/mol. The largest absolute Gasteiger partial charge is 0.490 e. The van der Waals surface area contributed by atoms with Gasteiger partial charge in [0.1, 0.15) is 0 Å². The minimum absolute atomic E-state index is 0.318. The number of hydrazone groups is 1. The van der Waals surface area contributed by atoms with Gasteiger partial charge in [0.25, 0.3) is 0 Å². The third-order valence-corrected chi connectivity index (χ3v) is 4.72. The number of benzene rings is 1. The number of anilines is 1. The molecule has 1 N–H and O–H groups in total. The third-order valence-electron chi connectivity index (χ3n) is 3.86. The number of aromatic nitrogens is 1. The van der Waals surface area contributed by atoms with Crippen LogP contribution in [0.15, 0.2) is 28.7 Å². The molecule has 1 heterocycles. The number of hydrogen-bond donors (Lipinski definition) is 1. The van der Waals surface area contributed by atoms with E-state index in [9.17, 15) is 0 Å². The van der Waals surface area contributed by atoms with E-state index in [1.54, 1.807) is 6.21 Å². The van der Waals surface area contributed by atoms with Gasteiger partial charge >= 0.3 is 0 Å². The molecule has 2 aromatic rings. The molecule has 24 heavy (non-hydrogen) atoms. The molecule has 1 aromatic carbocycles. The van der Waals surface area contributed by atoms with Crippen molar-refractivity contribution in [3.05, 3.63) is 34.8 Å². The maximum atomic E-state index is 6.10. The molecule has 0 spiro atoms. The number of nitrogens with one attached hydrogen (secondary N) is 1. The second-order valence-electron chi connectivity index (χ2n) is 5.83. The lowest BCUT2D eigenvalue weighted by molar-refractivity contribution is 0.197. The Morgan fingerprint density at radius 3 is 2.88 bits per heavy atom. The zero-order chi connectivity index (χ0) is 16.8. The number of rotatable bonds is 7. The van der Waals surface area contributed by atoms with Crippen LogP contribution in [0.25, 0.3) is 0 Å². The van der Waals surface area contributed by atoms with Crippen molar-refractivity contribution in [2.75, 3.05) is 12.0 Å².